The molecule has 0 aliphatic heterocycles. The molecular formula is C18H17FN6O2S. The minimum Gasteiger partial charge on any atom is -0.345 e. The van der Waals surface area contributed by atoms with Crippen LogP contribution in [0.25, 0.3) is 16.8 Å². The molecule has 0 radical (unpaired) electrons. The Morgan fingerprint density at radius 2 is 1.96 bits per heavy atom. The van der Waals surface area contributed by atoms with Crippen LogP contribution in [0.4, 0.5) is 4.39 Å². The van der Waals surface area contributed by atoms with Crippen molar-refractivity contribution in [1.29, 1.82) is 0 Å². The highest BCUT2D eigenvalue weighted by atomic mass is 32.2. The number of benzene rings is 1. The topological polar surface area (TPSA) is 105 Å². The van der Waals surface area contributed by atoms with Gasteiger partial charge in [-0.1, -0.05) is 0 Å². The van der Waals surface area contributed by atoms with Gasteiger partial charge < -0.3 is 4.98 Å². The Morgan fingerprint density at radius 1 is 1.14 bits per heavy atom. The van der Waals surface area contributed by atoms with E-state index in [9.17, 15) is 12.8 Å². The van der Waals surface area contributed by atoms with Gasteiger partial charge in [-0.05, 0) is 49.6 Å². The normalized spacial score (nSPS) is 20.3. The summed E-state index contributed by atoms with van der Waals surface area (Å²) >= 11 is 0. The Labute approximate surface area is 159 Å². The number of aromatic nitrogens is 5. The average molecular weight is 400 g/mol. The Balaban J connectivity index is 1.40. The van der Waals surface area contributed by atoms with E-state index in [1.165, 1.54) is 12.1 Å². The molecule has 1 aromatic carbocycles. The summed E-state index contributed by atoms with van der Waals surface area (Å²) in [5.74, 6) is 0.422. The van der Waals surface area contributed by atoms with E-state index in [0.29, 0.717) is 18.5 Å². The van der Waals surface area contributed by atoms with Crippen molar-refractivity contribution in [1.82, 2.24) is 29.3 Å². The van der Waals surface area contributed by atoms with Crippen LogP contribution < -0.4 is 4.72 Å². The van der Waals surface area contributed by atoms with Crippen LogP contribution in [0.15, 0.2) is 47.6 Å². The largest absolute Gasteiger partial charge is 0.345 e. The fourth-order valence-electron chi connectivity index (χ4n) is 3.89. The van der Waals surface area contributed by atoms with Gasteiger partial charge in [0.2, 0.25) is 10.0 Å². The standard InChI is InChI=1S/C18H17FN6O2S/c19-12-2-5-14(6-3-12)28(26,27)24-13-4-1-11(9-13)18-23-22-16-10-21-17-15(25(16)18)7-8-20-17/h2-3,5-8,10-11,13,20,24H,1,4,9H2/t11-,13+/m1/s1. The molecule has 1 aliphatic carbocycles. The third kappa shape index (κ3) is 2.85. The number of sulfonamides is 1. The van der Waals surface area contributed by atoms with Crippen LogP contribution in [0.3, 0.4) is 0 Å². The van der Waals surface area contributed by atoms with Crippen molar-refractivity contribution < 1.29 is 12.8 Å². The number of rotatable bonds is 4. The van der Waals surface area contributed by atoms with Crippen LogP contribution in [0.2, 0.25) is 0 Å². The molecule has 28 heavy (non-hydrogen) atoms. The second kappa shape index (κ2) is 6.35. The number of fused-ring (bicyclic) bond motifs is 3. The summed E-state index contributed by atoms with van der Waals surface area (Å²) in [6, 6.07) is 6.54. The third-order valence-corrected chi connectivity index (χ3v) is 6.75. The quantitative estimate of drug-likeness (QED) is 0.547. The summed E-state index contributed by atoms with van der Waals surface area (Å²) in [7, 11) is -3.70. The zero-order chi connectivity index (χ0) is 19.3. The van der Waals surface area contributed by atoms with Crippen molar-refractivity contribution in [3.8, 4) is 0 Å². The number of hydrogen-bond acceptors (Lipinski definition) is 5. The van der Waals surface area contributed by atoms with Crippen LogP contribution in [0.5, 0.6) is 0 Å². The highest BCUT2D eigenvalue weighted by Crippen LogP contribution is 2.35. The Kier molecular flexibility index (Phi) is 3.91. The van der Waals surface area contributed by atoms with E-state index in [4.69, 9.17) is 0 Å². The van der Waals surface area contributed by atoms with Gasteiger partial charge in [0.15, 0.2) is 11.3 Å². The summed E-state index contributed by atoms with van der Waals surface area (Å²) in [4.78, 5) is 7.45. The lowest BCUT2D eigenvalue weighted by Gasteiger charge is -2.13. The van der Waals surface area contributed by atoms with Gasteiger partial charge in [0, 0.05) is 18.2 Å². The lowest BCUT2D eigenvalue weighted by molar-refractivity contribution is 0.546. The molecule has 0 spiro atoms. The van der Waals surface area contributed by atoms with E-state index in [-0.39, 0.29) is 16.9 Å². The predicted octanol–water partition coefficient (Wildman–Crippen LogP) is 2.36. The molecule has 0 bridgehead atoms. The fraction of sp³-hybridized carbons (Fsp3) is 0.278. The SMILES string of the molecule is O=S(=O)(N[C@H]1CC[C@@H](c2nnc3cnc4[nH]ccc4n23)C1)c1ccc(F)cc1. The number of aromatic amines is 1. The zero-order valence-corrected chi connectivity index (χ0v) is 15.5. The van der Waals surface area contributed by atoms with Crippen molar-refractivity contribution in [3.05, 3.63) is 54.4 Å². The van der Waals surface area contributed by atoms with Crippen LogP contribution in [0, 0.1) is 5.82 Å². The van der Waals surface area contributed by atoms with E-state index >= 15 is 0 Å². The Hall–Kier alpha value is -2.85. The summed E-state index contributed by atoms with van der Waals surface area (Å²) in [5.41, 5.74) is 2.31. The molecule has 0 saturated heterocycles. The molecule has 5 rings (SSSR count). The first-order valence-corrected chi connectivity index (χ1v) is 10.4. The molecule has 1 saturated carbocycles. The molecule has 3 heterocycles. The highest BCUT2D eigenvalue weighted by Gasteiger charge is 2.32. The zero-order valence-electron chi connectivity index (χ0n) is 14.7. The monoisotopic (exact) mass is 400 g/mol. The smallest absolute Gasteiger partial charge is 0.240 e. The maximum Gasteiger partial charge on any atom is 0.240 e. The van der Waals surface area contributed by atoms with Crippen LogP contribution >= 0.6 is 0 Å². The average Bonchev–Trinajstić information content (AvgIpc) is 3.39. The van der Waals surface area contributed by atoms with Crippen molar-refractivity contribution >= 4 is 26.8 Å². The second-order valence-corrected chi connectivity index (χ2v) is 8.72. The van der Waals surface area contributed by atoms with Gasteiger partial charge in [0.25, 0.3) is 0 Å². The Bertz CT molecular complexity index is 1260. The minimum absolute atomic E-state index is 0.0605. The van der Waals surface area contributed by atoms with Crippen LogP contribution in [-0.2, 0) is 10.0 Å². The number of nitrogens with zero attached hydrogens (tertiary/aromatic N) is 4. The third-order valence-electron chi connectivity index (χ3n) is 5.21. The van der Waals surface area contributed by atoms with Crippen LogP contribution in [0.1, 0.15) is 31.0 Å². The Morgan fingerprint density at radius 3 is 2.79 bits per heavy atom. The van der Waals surface area contributed by atoms with Gasteiger partial charge in [0.05, 0.1) is 16.6 Å². The van der Waals surface area contributed by atoms with E-state index in [1.807, 2.05) is 16.7 Å². The van der Waals surface area contributed by atoms with Crippen molar-refractivity contribution in [2.75, 3.05) is 0 Å². The van der Waals surface area contributed by atoms with Crippen LogP contribution in [-0.4, -0.2) is 39.0 Å². The van der Waals surface area contributed by atoms with Gasteiger partial charge in [-0.3, -0.25) is 4.40 Å². The lowest BCUT2D eigenvalue weighted by Crippen LogP contribution is -2.33. The molecule has 1 fully saturated rings. The molecule has 4 aromatic rings. The number of H-pyrrole nitrogens is 1. The van der Waals surface area contributed by atoms with Gasteiger partial charge in [0.1, 0.15) is 11.6 Å². The van der Waals surface area contributed by atoms with E-state index in [2.05, 4.69) is 24.9 Å². The molecule has 0 amide bonds. The summed E-state index contributed by atoms with van der Waals surface area (Å²) < 4.78 is 42.9. The second-order valence-electron chi connectivity index (χ2n) is 7.00. The first-order chi connectivity index (χ1) is 13.5. The summed E-state index contributed by atoms with van der Waals surface area (Å²) in [6.45, 7) is 0. The molecular weight excluding hydrogens is 383 g/mol. The fourth-order valence-corrected chi connectivity index (χ4v) is 5.17. The maximum atomic E-state index is 13.1. The number of hydrogen-bond donors (Lipinski definition) is 2. The van der Waals surface area contributed by atoms with Gasteiger partial charge in [-0.2, -0.15) is 0 Å². The molecule has 144 valence electrons. The molecule has 10 heteroatoms. The first-order valence-electron chi connectivity index (χ1n) is 8.96. The number of nitrogens with one attached hydrogen (secondary N) is 2. The van der Waals surface area contributed by atoms with Crippen molar-refractivity contribution in [2.45, 2.75) is 36.1 Å². The van der Waals surface area contributed by atoms with E-state index < -0.39 is 15.8 Å². The molecule has 8 nitrogen and oxygen atoms in total. The molecule has 0 unspecified atom stereocenters. The van der Waals surface area contributed by atoms with Crippen molar-refractivity contribution in [3.63, 3.8) is 0 Å². The highest BCUT2D eigenvalue weighted by molar-refractivity contribution is 7.89. The summed E-state index contributed by atoms with van der Waals surface area (Å²) in [5, 5.41) is 8.56. The van der Waals surface area contributed by atoms with Gasteiger partial charge in [-0.25, -0.2) is 22.5 Å². The molecule has 1 aliphatic rings. The maximum absolute atomic E-state index is 13.1. The molecule has 2 atom stereocenters. The lowest BCUT2D eigenvalue weighted by atomic mass is 10.1. The van der Waals surface area contributed by atoms with E-state index in [1.54, 1.807) is 6.20 Å². The molecule has 2 N–H and O–H groups in total. The number of halogens is 1. The van der Waals surface area contributed by atoms with Gasteiger partial charge >= 0.3 is 0 Å². The predicted molar refractivity (Wildman–Crippen MR) is 99.7 cm³/mol. The molecule has 3 aromatic heterocycles. The minimum atomic E-state index is -3.70. The first kappa shape index (κ1) is 17.3. The van der Waals surface area contributed by atoms with E-state index in [0.717, 1.165) is 35.5 Å². The van der Waals surface area contributed by atoms with Gasteiger partial charge in [-0.15, -0.1) is 10.2 Å². The summed E-state index contributed by atoms with van der Waals surface area (Å²) in [6.07, 6.45) is 5.59. The van der Waals surface area contributed by atoms with Crippen molar-refractivity contribution in [2.24, 2.45) is 0 Å².